The third-order valence-electron chi connectivity index (χ3n) is 8.62. The highest BCUT2D eigenvalue weighted by atomic mass is 16.5. The summed E-state index contributed by atoms with van der Waals surface area (Å²) < 4.78 is 5.68. The molecule has 0 aromatic heterocycles. The lowest BCUT2D eigenvalue weighted by atomic mass is 9.38. The summed E-state index contributed by atoms with van der Waals surface area (Å²) in [6, 6.07) is 0. The van der Waals surface area contributed by atoms with Crippen molar-refractivity contribution in [2.45, 2.75) is 72.1 Å². The van der Waals surface area contributed by atoms with E-state index in [4.69, 9.17) is 4.74 Å². The van der Waals surface area contributed by atoms with Crippen molar-refractivity contribution in [2.75, 3.05) is 6.61 Å². The van der Waals surface area contributed by atoms with Gasteiger partial charge in [-0.15, -0.1) is 0 Å². The molecule has 6 unspecified atom stereocenters. The molecule has 2 bridgehead atoms. The molecule has 3 heteroatoms. The summed E-state index contributed by atoms with van der Waals surface area (Å²) in [6.07, 6.45) is 8.33. The second kappa shape index (κ2) is 4.83. The molecule has 4 rings (SSSR count). The maximum atomic E-state index is 13.1. The van der Waals surface area contributed by atoms with Gasteiger partial charge in [-0.25, -0.2) is 0 Å². The van der Waals surface area contributed by atoms with Crippen LogP contribution in [-0.2, 0) is 14.3 Å². The van der Waals surface area contributed by atoms with Gasteiger partial charge in [-0.1, -0.05) is 33.6 Å². The average Bonchev–Trinajstić information content (AvgIpc) is 2.53. The molecule has 4 aliphatic rings. The van der Waals surface area contributed by atoms with E-state index < -0.39 is 0 Å². The van der Waals surface area contributed by atoms with Crippen molar-refractivity contribution in [1.82, 2.24) is 0 Å². The Morgan fingerprint density at radius 3 is 2.70 bits per heavy atom. The van der Waals surface area contributed by atoms with Crippen LogP contribution in [0.15, 0.2) is 0 Å². The Hall–Kier alpha value is -0.860. The lowest BCUT2D eigenvalue weighted by molar-refractivity contribution is -0.226. The molecule has 128 valence electrons. The van der Waals surface area contributed by atoms with E-state index in [0.29, 0.717) is 24.2 Å². The Balaban J connectivity index is 1.77. The van der Waals surface area contributed by atoms with Gasteiger partial charge in [-0.05, 0) is 48.9 Å². The first-order valence-corrected chi connectivity index (χ1v) is 9.55. The predicted octanol–water partition coefficient (Wildman–Crippen LogP) is 4.14. The Morgan fingerprint density at radius 2 is 1.96 bits per heavy atom. The molecule has 0 aromatic rings. The van der Waals surface area contributed by atoms with Crippen LogP contribution in [0.3, 0.4) is 0 Å². The molecule has 3 saturated carbocycles. The number of hydrogen-bond donors (Lipinski definition) is 0. The fraction of sp³-hybridized carbons (Fsp3) is 0.900. The minimum atomic E-state index is -0.0330. The fourth-order valence-electron chi connectivity index (χ4n) is 6.69. The van der Waals surface area contributed by atoms with Gasteiger partial charge in [-0.2, -0.15) is 0 Å². The Morgan fingerprint density at radius 1 is 1.17 bits per heavy atom. The van der Waals surface area contributed by atoms with Crippen LogP contribution >= 0.6 is 0 Å². The van der Waals surface area contributed by atoms with Crippen molar-refractivity contribution >= 4 is 11.8 Å². The van der Waals surface area contributed by atoms with Crippen LogP contribution in [0.5, 0.6) is 0 Å². The van der Waals surface area contributed by atoms with Crippen LogP contribution in [0.2, 0.25) is 0 Å². The number of ketones is 1. The molecule has 0 radical (unpaired) electrons. The van der Waals surface area contributed by atoms with Gasteiger partial charge in [0.05, 0.1) is 12.5 Å². The number of esters is 1. The first-order chi connectivity index (χ1) is 10.9. The number of carbonyl (C=O) groups is 2. The second-order valence-electron chi connectivity index (χ2n) is 9.38. The predicted molar refractivity (Wildman–Crippen MR) is 87.7 cm³/mol. The zero-order valence-corrected chi connectivity index (χ0v) is 14.8. The van der Waals surface area contributed by atoms with Crippen molar-refractivity contribution in [2.24, 2.45) is 34.0 Å². The first kappa shape index (κ1) is 15.7. The molecular formula is C20H30O3. The highest BCUT2D eigenvalue weighted by molar-refractivity contribution is 5.85. The van der Waals surface area contributed by atoms with E-state index in [-0.39, 0.29) is 34.6 Å². The summed E-state index contributed by atoms with van der Waals surface area (Å²) in [7, 11) is 0. The van der Waals surface area contributed by atoms with E-state index in [2.05, 4.69) is 20.8 Å². The molecule has 0 spiro atoms. The Kier molecular flexibility index (Phi) is 3.29. The van der Waals surface area contributed by atoms with Crippen molar-refractivity contribution in [3.05, 3.63) is 0 Å². The molecule has 6 atom stereocenters. The van der Waals surface area contributed by atoms with E-state index in [9.17, 15) is 9.59 Å². The highest BCUT2D eigenvalue weighted by Gasteiger charge is 2.68. The summed E-state index contributed by atoms with van der Waals surface area (Å²) >= 11 is 0. The number of fused-ring (bicyclic) bond motifs is 1. The molecule has 1 aliphatic heterocycles. The monoisotopic (exact) mass is 318 g/mol. The third kappa shape index (κ3) is 1.88. The van der Waals surface area contributed by atoms with E-state index in [1.54, 1.807) is 0 Å². The van der Waals surface area contributed by atoms with E-state index in [0.717, 1.165) is 38.5 Å². The molecule has 0 N–H and O–H groups in total. The quantitative estimate of drug-likeness (QED) is 0.682. The normalized spacial score (nSPS) is 52.4. The largest absolute Gasteiger partial charge is 0.465 e. The lowest BCUT2D eigenvalue weighted by Crippen LogP contribution is -2.66. The van der Waals surface area contributed by atoms with Gasteiger partial charge in [0.15, 0.2) is 0 Å². The van der Waals surface area contributed by atoms with Gasteiger partial charge in [0.25, 0.3) is 0 Å². The summed E-state index contributed by atoms with van der Waals surface area (Å²) in [5.74, 6) is 0.812. The number of ether oxygens (including phenoxy) is 1. The number of hydrogen-bond acceptors (Lipinski definition) is 3. The summed E-state index contributed by atoms with van der Waals surface area (Å²) in [5.41, 5.74) is 0.404. The van der Waals surface area contributed by atoms with Crippen LogP contribution in [0, 0.1) is 34.0 Å². The molecule has 1 saturated heterocycles. The van der Waals surface area contributed by atoms with Gasteiger partial charge in [0.2, 0.25) is 0 Å². The first-order valence-electron chi connectivity index (χ1n) is 9.55. The van der Waals surface area contributed by atoms with E-state index in [1.165, 1.54) is 6.42 Å². The van der Waals surface area contributed by atoms with Gasteiger partial charge >= 0.3 is 5.97 Å². The molecule has 3 aliphatic carbocycles. The van der Waals surface area contributed by atoms with Gasteiger partial charge in [0, 0.05) is 17.8 Å². The number of rotatable bonds is 1. The van der Waals surface area contributed by atoms with Crippen LogP contribution in [0.4, 0.5) is 0 Å². The Bertz CT molecular complexity index is 555. The SMILES string of the molecule is CCC1(C)CCC2(C)C(C1)C(=O)CC1C3CCCC12COC3=O. The summed E-state index contributed by atoms with van der Waals surface area (Å²) in [6.45, 7) is 7.54. The van der Waals surface area contributed by atoms with Crippen LogP contribution < -0.4 is 0 Å². The zero-order chi connectivity index (χ0) is 16.5. The van der Waals surface area contributed by atoms with Crippen molar-refractivity contribution in [3.63, 3.8) is 0 Å². The van der Waals surface area contributed by atoms with Crippen LogP contribution in [0.1, 0.15) is 72.1 Å². The minimum Gasteiger partial charge on any atom is -0.465 e. The standard InChI is InChI=1S/C20H30O3/c1-4-18(2)8-9-19(3)15(11-18)16(21)10-14-13-6-5-7-20(14,19)12-23-17(13)22/h13-15H,4-12H2,1-3H3. The molecule has 23 heavy (non-hydrogen) atoms. The number of cyclic esters (lactones) is 1. The summed E-state index contributed by atoms with van der Waals surface area (Å²) in [5, 5.41) is 0. The van der Waals surface area contributed by atoms with Crippen molar-refractivity contribution in [1.29, 1.82) is 0 Å². The average molecular weight is 318 g/mol. The van der Waals surface area contributed by atoms with Crippen molar-refractivity contribution in [3.8, 4) is 0 Å². The maximum Gasteiger partial charge on any atom is 0.309 e. The smallest absolute Gasteiger partial charge is 0.309 e. The van der Waals surface area contributed by atoms with E-state index >= 15 is 0 Å². The molecule has 0 aromatic carbocycles. The van der Waals surface area contributed by atoms with E-state index in [1.807, 2.05) is 0 Å². The Labute approximate surface area is 139 Å². The summed E-state index contributed by atoms with van der Waals surface area (Å²) in [4.78, 5) is 25.3. The zero-order valence-electron chi connectivity index (χ0n) is 14.8. The molecule has 3 nitrogen and oxygen atoms in total. The topological polar surface area (TPSA) is 43.4 Å². The van der Waals surface area contributed by atoms with Crippen molar-refractivity contribution < 1.29 is 14.3 Å². The number of Topliss-reactive ketones (excluding diaryl/α,β-unsaturated/α-hetero) is 1. The molecular weight excluding hydrogens is 288 g/mol. The molecule has 1 heterocycles. The lowest BCUT2D eigenvalue weighted by Gasteiger charge is -2.66. The minimum absolute atomic E-state index is 0.0151. The second-order valence-corrected chi connectivity index (χ2v) is 9.38. The molecule has 4 fully saturated rings. The fourth-order valence-corrected chi connectivity index (χ4v) is 6.69. The highest BCUT2D eigenvalue weighted by Crippen LogP contribution is 2.69. The van der Waals surface area contributed by atoms with Crippen LogP contribution in [0.25, 0.3) is 0 Å². The van der Waals surface area contributed by atoms with Gasteiger partial charge in [0.1, 0.15) is 5.78 Å². The van der Waals surface area contributed by atoms with Crippen LogP contribution in [-0.4, -0.2) is 18.4 Å². The number of carbonyl (C=O) groups excluding carboxylic acids is 2. The molecule has 0 amide bonds. The maximum absolute atomic E-state index is 13.1. The van der Waals surface area contributed by atoms with Gasteiger partial charge in [-0.3, -0.25) is 9.59 Å². The van der Waals surface area contributed by atoms with Gasteiger partial charge < -0.3 is 4.74 Å². The third-order valence-corrected chi connectivity index (χ3v) is 8.62.